The van der Waals surface area contributed by atoms with Crippen LogP contribution in [0.3, 0.4) is 0 Å². The van der Waals surface area contributed by atoms with Gasteiger partial charge in [-0.1, -0.05) is 18.2 Å². The van der Waals surface area contributed by atoms with E-state index in [2.05, 4.69) is 0 Å². The van der Waals surface area contributed by atoms with Gasteiger partial charge in [0.1, 0.15) is 11.5 Å². The van der Waals surface area contributed by atoms with E-state index < -0.39 is 0 Å². The Morgan fingerprint density at radius 1 is 1.19 bits per heavy atom. The highest BCUT2D eigenvalue weighted by atomic mass is 16.5. The Balaban J connectivity index is 1.80. The lowest BCUT2D eigenvalue weighted by molar-refractivity contribution is -0.129. The first kappa shape index (κ1) is 15.2. The van der Waals surface area contributed by atoms with Crippen LogP contribution in [0.2, 0.25) is 0 Å². The van der Waals surface area contributed by atoms with Gasteiger partial charge in [0.2, 0.25) is 5.91 Å². The van der Waals surface area contributed by atoms with Gasteiger partial charge in [-0.3, -0.25) is 4.79 Å². The summed E-state index contributed by atoms with van der Waals surface area (Å²) in [6.07, 6.45) is 3.53. The molecule has 0 saturated heterocycles. The van der Waals surface area contributed by atoms with E-state index in [-0.39, 0.29) is 5.91 Å². The maximum absolute atomic E-state index is 12.1. The molecule has 0 unspecified atom stereocenters. The maximum atomic E-state index is 12.1. The van der Waals surface area contributed by atoms with Gasteiger partial charge in [0.05, 0.1) is 13.4 Å². The molecule has 2 rings (SSSR count). The molecule has 2 aromatic rings. The van der Waals surface area contributed by atoms with E-state index in [9.17, 15) is 4.79 Å². The van der Waals surface area contributed by atoms with Crippen LogP contribution in [0.5, 0.6) is 5.75 Å². The van der Waals surface area contributed by atoms with Gasteiger partial charge < -0.3 is 14.1 Å². The van der Waals surface area contributed by atoms with Crippen LogP contribution in [0, 0.1) is 0 Å². The number of hydrogen-bond donors (Lipinski definition) is 0. The third kappa shape index (κ3) is 4.38. The number of carbonyl (C=O) groups is 1. The molecule has 0 aliphatic rings. The Hall–Kier alpha value is -2.23. The molecule has 0 saturated carbocycles. The molecular weight excluding hydrogens is 266 g/mol. The molecule has 0 spiro atoms. The Morgan fingerprint density at radius 3 is 2.71 bits per heavy atom. The molecule has 4 nitrogen and oxygen atoms in total. The van der Waals surface area contributed by atoms with Crippen LogP contribution in [0.25, 0.3) is 0 Å². The van der Waals surface area contributed by atoms with Crippen LogP contribution in [-0.4, -0.2) is 31.5 Å². The lowest BCUT2D eigenvalue weighted by atomic mass is 10.1. The molecule has 1 amide bonds. The van der Waals surface area contributed by atoms with E-state index in [0.717, 1.165) is 23.5 Å². The number of rotatable bonds is 7. The quantitative estimate of drug-likeness (QED) is 0.786. The molecule has 0 atom stereocenters. The van der Waals surface area contributed by atoms with Crippen LogP contribution in [0.4, 0.5) is 0 Å². The summed E-state index contributed by atoms with van der Waals surface area (Å²) in [4.78, 5) is 13.8. The topological polar surface area (TPSA) is 42.7 Å². The normalized spacial score (nSPS) is 10.4. The number of amides is 1. The first-order valence-corrected chi connectivity index (χ1v) is 7.09. The van der Waals surface area contributed by atoms with Crippen molar-refractivity contribution in [1.29, 1.82) is 0 Å². The molecule has 0 aliphatic heterocycles. The Bertz CT molecular complexity index is 563. The van der Waals surface area contributed by atoms with Gasteiger partial charge in [-0.2, -0.15) is 0 Å². The zero-order valence-corrected chi connectivity index (χ0v) is 12.5. The highest BCUT2D eigenvalue weighted by molar-refractivity contribution is 5.76. The molecule has 1 aromatic heterocycles. The second-order valence-corrected chi connectivity index (χ2v) is 4.96. The summed E-state index contributed by atoms with van der Waals surface area (Å²) in [7, 11) is 3.50. The van der Waals surface area contributed by atoms with Gasteiger partial charge in [-0.15, -0.1) is 0 Å². The molecule has 112 valence electrons. The number of nitrogens with zero attached hydrogens (tertiary/aromatic N) is 1. The summed E-state index contributed by atoms with van der Waals surface area (Å²) in [5, 5.41) is 0. The Kier molecular flexibility index (Phi) is 5.43. The molecule has 1 heterocycles. The molecule has 0 aliphatic carbocycles. The summed E-state index contributed by atoms with van der Waals surface area (Å²) in [6, 6.07) is 11.6. The SMILES string of the molecule is COc1ccccc1CCN(C)C(=O)CCc1ccco1. The number of aryl methyl sites for hydroxylation is 1. The number of ether oxygens (including phenoxy) is 1. The second-order valence-electron chi connectivity index (χ2n) is 4.96. The fourth-order valence-electron chi connectivity index (χ4n) is 2.20. The molecule has 0 radical (unpaired) electrons. The van der Waals surface area contributed by atoms with E-state index in [4.69, 9.17) is 9.15 Å². The van der Waals surface area contributed by atoms with E-state index in [0.29, 0.717) is 19.4 Å². The van der Waals surface area contributed by atoms with Crippen molar-refractivity contribution >= 4 is 5.91 Å². The first-order chi connectivity index (χ1) is 10.2. The summed E-state index contributed by atoms with van der Waals surface area (Å²) in [5.74, 6) is 1.84. The number of carbonyl (C=O) groups excluding carboxylic acids is 1. The fourth-order valence-corrected chi connectivity index (χ4v) is 2.20. The molecular formula is C17H21NO3. The van der Waals surface area contributed by atoms with Crippen LogP contribution < -0.4 is 4.74 Å². The number of para-hydroxylation sites is 1. The van der Waals surface area contributed by atoms with Crippen LogP contribution in [0.15, 0.2) is 47.1 Å². The van der Waals surface area contributed by atoms with Gasteiger partial charge in [0, 0.05) is 26.4 Å². The molecule has 1 aromatic carbocycles. The molecule has 0 fully saturated rings. The Labute approximate surface area is 125 Å². The average molecular weight is 287 g/mol. The number of hydrogen-bond acceptors (Lipinski definition) is 3. The smallest absolute Gasteiger partial charge is 0.222 e. The monoisotopic (exact) mass is 287 g/mol. The minimum absolute atomic E-state index is 0.126. The number of furan rings is 1. The minimum Gasteiger partial charge on any atom is -0.496 e. The summed E-state index contributed by atoms with van der Waals surface area (Å²) >= 11 is 0. The highest BCUT2D eigenvalue weighted by Crippen LogP contribution is 2.18. The lowest BCUT2D eigenvalue weighted by Gasteiger charge is -2.17. The van der Waals surface area contributed by atoms with E-state index in [1.165, 1.54) is 0 Å². The van der Waals surface area contributed by atoms with Crippen molar-refractivity contribution in [2.45, 2.75) is 19.3 Å². The molecule has 4 heteroatoms. The number of benzene rings is 1. The summed E-state index contributed by atoms with van der Waals surface area (Å²) in [5.41, 5.74) is 1.12. The van der Waals surface area contributed by atoms with Crippen molar-refractivity contribution in [3.8, 4) is 5.75 Å². The van der Waals surface area contributed by atoms with Crippen molar-refractivity contribution in [3.63, 3.8) is 0 Å². The summed E-state index contributed by atoms with van der Waals surface area (Å²) < 4.78 is 10.6. The first-order valence-electron chi connectivity index (χ1n) is 7.09. The van der Waals surface area contributed by atoms with Gasteiger partial charge in [-0.05, 0) is 30.2 Å². The van der Waals surface area contributed by atoms with E-state index >= 15 is 0 Å². The van der Waals surface area contributed by atoms with Crippen molar-refractivity contribution in [2.75, 3.05) is 20.7 Å². The number of likely N-dealkylation sites (N-methyl/N-ethyl adjacent to an activating group) is 1. The van der Waals surface area contributed by atoms with Crippen LogP contribution >= 0.6 is 0 Å². The standard InChI is InChI=1S/C17H21NO3/c1-18(17(19)10-9-15-7-5-13-21-15)12-11-14-6-3-4-8-16(14)20-2/h3-8,13H,9-12H2,1-2H3. The number of methoxy groups -OCH3 is 1. The third-order valence-corrected chi connectivity index (χ3v) is 3.50. The van der Waals surface area contributed by atoms with Crippen molar-refractivity contribution in [3.05, 3.63) is 54.0 Å². The van der Waals surface area contributed by atoms with Gasteiger partial charge >= 0.3 is 0 Å². The minimum atomic E-state index is 0.126. The van der Waals surface area contributed by atoms with Crippen molar-refractivity contribution < 1.29 is 13.9 Å². The molecule has 0 N–H and O–H groups in total. The maximum Gasteiger partial charge on any atom is 0.222 e. The average Bonchev–Trinajstić information content (AvgIpc) is 3.03. The second kappa shape index (κ2) is 7.53. The molecule has 21 heavy (non-hydrogen) atoms. The molecule has 0 bridgehead atoms. The fraction of sp³-hybridized carbons (Fsp3) is 0.353. The van der Waals surface area contributed by atoms with E-state index in [1.807, 2.05) is 43.4 Å². The van der Waals surface area contributed by atoms with Gasteiger partial charge in [0.25, 0.3) is 0 Å². The highest BCUT2D eigenvalue weighted by Gasteiger charge is 2.11. The zero-order valence-electron chi connectivity index (χ0n) is 12.5. The zero-order chi connectivity index (χ0) is 15.1. The van der Waals surface area contributed by atoms with Gasteiger partial charge in [-0.25, -0.2) is 0 Å². The van der Waals surface area contributed by atoms with Crippen LogP contribution in [-0.2, 0) is 17.6 Å². The predicted molar refractivity (Wildman–Crippen MR) is 81.4 cm³/mol. The summed E-state index contributed by atoms with van der Waals surface area (Å²) in [6.45, 7) is 0.678. The van der Waals surface area contributed by atoms with E-state index in [1.54, 1.807) is 18.3 Å². The van der Waals surface area contributed by atoms with Crippen molar-refractivity contribution in [2.24, 2.45) is 0 Å². The van der Waals surface area contributed by atoms with Crippen LogP contribution in [0.1, 0.15) is 17.7 Å². The lowest BCUT2D eigenvalue weighted by Crippen LogP contribution is -2.29. The van der Waals surface area contributed by atoms with Gasteiger partial charge in [0.15, 0.2) is 0 Å². The van der Waals surface area contributed by atoms with Crippen molar-refractivity contribution in [1.82, 2.24) is 4.90 Å². The third-order valence-electron chi connectivity index (χ3n) is 3.50. The largest absolute Gasteiger partial charge is 0.496 e. The Morgan fingerprint density at radius 2 is 2.00 bits per heavy atom. The predicted octanol–water partition coefficient (Wildman–Crippen LogP) is 2.92.